The van der Waals surface area contributed by atoms with E-state index in [9.17, 15) is 14.0 Å². The summed E-state index contributed by atoms with van der Waals surface area (Å²) in [6, 6.07) is 18.0. The van der Waals surface area contributed by atoms with Crippen molar-refractivity contribution in [1.82, 2.24) is 9.80 Å². The van der Waals surface area contributed by atoms with Crippen LogP contribution in [-0.4, -0.2) is 48.4 Å². The Bertz CT molecular complexity index is 1400. The Hall–Kier alpha value is -4.11. The van der Waals surface area contributed by atoms with Gasteiger partial charge in [0.1, 0.15) is 36.2 Å². The van der Waals surface area contributed by atoms with Gasteiger partial charge in [0.2, 0.25) is 5.91 Å². The Morgan fingerprint density at radius 1 is 1.13 bits per heavy atom. The highest BCUT2D eigenvalue weighted by atomic mass is 32.1. The van der Waals surface area contributed by atoms with Gasteiger partial charge in [-0.3, -0.25) is 9.59 Å². The molecule has 2 aromatic carbocycles. The van der Waals surface area contributed by atoms with Crippen molar-refractivity contribution in [3.05, 3.63) is 106 Å². The average Bonchev–Trinajstić information content (AvgIpc) is 3.63. The van der Waals surface area contributed by atoms with Crippen molar-refractivity contribution in [2.75, 3.05) is 26.8 Å². The van der Waals surface area contributed by atoms with E-state index in [4.69, 9.17) is 13.9 Å². The number of amides is 2. The summed E-state index contributed by atoms with van der Waals surface area (Å²) in [5.41, 5.74) is 1.37. The third-order valence-electron chi connectivity index (χ3n) is 6.50. The van der Waals surface area contributed by atoms with Crippen molar-refractivity contribution >= 4 is 23.2 Å². The van der Waals surface area contributed by atoms with Crippen LogP contribution < -0.4 is 9.47 Å². The zero-order chi connectivity index (χ0) is 26.5. The summed E-state index contributed by atoms with van der Waals surface area (Å²) < 4.78 is 30.5. The summed E-state index contributed by atoms with van der Waals surface area (Å²) in [7, 11) is 1.50. The minimum atomic E-state index is -0.390. The van der Waals surface area contributed by atoms with Gasteiger partial charge < -0.3 is 23.7 Å². The highest BCUT2D eigenvalue weighted by Crippen LogP contribution is 2.34. The van der Waals surface area contributed by atoms with Crippen LogP contribution in [-0.2, 0) is 17.8 Å². The molecule has 5 rings (SSSR count). The summed E-state index contributed by atoms with van der Waals surface area (Å²) in [6.07, 6.45) is 2.25. The van der Waals surface area contributed by atoms with Gasteiger partial charge in [-0.2, -0.15) is 0 Å². The largest absolute Gasteiger partial charge is 0.496 e. The molecule has 4 aromatic rings. The van der Waals surface area contributed by atoms with Gasteiger partial charge in [-0.1, -0.05) is 18.2 Å². The van der Waals surface area contributed by atoms with E-state index in [-0.39, 0.29) is 37.6 Å². The molecule has 0 spiro atoms. The number of para-hydroxylation sites is 1. The number of carbonyl (C=O) groups is 2. The van der Waals surface area contributed by atoms with E-state index in [1.807, 2.05) is 11.4 Å². The minimum Gasteiger partial charge on any atom is -0.496 e. The number of methoxy groups -OCH3 is 1. The van der Waals surface area contributed by atoms with Gasteiger partial charge in [0.25, 0.3) is 5.91 Å². The van der Waals surface area contributed by atoms with Crippen molar-refractivity contribution in [3.8, 4) is 11.5 Å². The molecule has 0 unspecified atom stereocenters. The fraction of sp³-hybridized carbons (Fsp3) is 0.241. The van der Waals surface area contributed by atoms with Gasteiger partial charge in [-0.05, 0) is 59.8 Å². The van der Waals surface area contributed by atoms with E-state index >= 15 is 0 Å². The predicted molar refractivity (Wildman–Crippen MR) is 141 cm³/mol. The first-order valence-electron chi connectivity index (χ1n) is 12.2. The lowest BCUT2D eigenvalue weighted by Crippen LogP contribution is -2.47. The van der Waals surface area contributed by atoms with Crippen molar-refractivity contribution in [3.63, 3.8) is 0 Å². The number of thiophene rings is 1. The Labute approximate surface area is 224 Å². The van der Waals surface area contributed by atoms with Gasteiger partial charge in [-0.25, -0.2) is 4.39 Å². The summed E-state index contributed by atoms with van der Waals surface area (Å²) >= 11 is 1.65. The molecule has 7 nitrogen and oxygen atoms in total. The number of fused-ring (bicyclic) bond motifs is 1. The fourth-order valence-electron chi connectivity index (χ4n) is 4.64. The van der Waals surface area contributed by atoms with Crippen LogP contribution >= 0.6 is 11.3 Å². The maximum atomic E-state index is 13.8. The van der Waals surface area contributed by atoms with Crippen LogP contribution in [0.2, 0.25) is 0 Å². The molecule has 2 aromatic heterocycles. The number of halogens is 1. The maximum Gasteiger partial charge on any atom is 0.258 e. The Morgan fingerprint density at radius 3 is 2.79 bits per heavy atom. The van der Waals surface area contributed by atoms with Crippen molar-refractivity contribution in [2.24, 2.45) is 0 Å². The quantitative estimate of drug-likeness (QED) is 0.290. The van der Waals surface area contributed by atoms with Gasteiger partial charge in [-0.15, -0.1) is 11.3 Å². The second-order valence-electron chi connectivity index (χ2n) is 8.86. The first-order valence-corrected chi connectivity index (χ1v) is 13.1. The molecule has 0 radical (unpaired) electrons. The number of benzene rings is 2. The number of carbonyl (C=O) groups excluding carboxylic acids is 2. The number of nitrogens with zero attached hydrogens (tertiary/aromatic N) is 2. The standard InChI is InChI=1S/C29H27FN2O5S/c1-35-26-10-3-2-9-24(26)29(34)31(17-22-8-5-14-36-22)18-28(33)32-13-11-27-23(12-15-38-27)25(32)19-37-21-7-4-6-20(30)16-21/h2-10,12,14-16,25H,11,13,17-19H2,1H3/t25-/m1/s1. The monoisotopic (exact) mass is 534 g/mol. The molecular weight excluding hydrogens is 507 g/mol. The van der Waals surface area contributed by atoms with E-state index in [2.05, 4.69) is 0 Å². The Balaban J connectivity index is 1.39. The predicted octanol–water partition coefficient (Wildman–Crippen LogP) is 5.34. The molecule has 1 aliphatic rings. The van der Waals surface area contributed by atoms with E-state index in [1.54, 1.807) is 64.8 Å². The molecule has 38 heavy (non-hydrogen) atoms. The number of rotatable bonds is 9. The molecule has 0 aliphatic carbocycles. The molecule has 0 fully saturated rings. The van der Waals surface area contributed by atoms with Crippen molar-refractivity contribution in [1.29, 1.82) is 0 Å². The lowest BCUT2D eigenvalue weighted by atomic mass is 10.0. The lowest BCUT2D eigenvalue weighted by molar-refractivity contribution is -0.135. The summed E-state index contributed by atoms with van der Waals surface area (Å²) in [5, 5.41) is 2.00. The van der Waals surface area contributed by atoms with Crippen LogP contribution in [0.15, 0.2) is 82.8 Å². The van der Waals surface area contributed by atoms with Crippen LogP contribution in [0.25, 0.3) is 0 Å². The molecule has 0 N–H and O–H groups in total. The lowest BCUT2D eigenvalue weighted by Gasteiger charge is -2.37. The molecule has 0 bridgehead atoms. The highest BCUT2D eigenvalue weighted by molar-refractivity contribution is 7.10. The molecule has 9 heteroatoms. The molecule has 1 aliphatic heterocycles. The Morgan fingerprint density at radius 2 is 2.00 bits per heavy atom. The highest BCUT2D eigenvalue weighted by Gasteiger charge is 2.34. The normalized spacial score (nSPS) is 14.6. The van der Waals surface area contributed by atoms with E-state index < -0.39 is 5.82 Å². The zero-order valence-electron chi connectivity index (χ0n) is 20.8. The number of hydrogen-bond donors (Lipinski definition) is 0. The summed E-state index contributed by atoms with van der Waals surface area (Å²) in [6.45, 7) is 0.615. The van der Waals surface area contributed by atoms with Gasteiger partial charge in [0, 0.05) is 17.5 Å². The van der Waals surface area contributed by atoms with Gasteiger partial charge >= 0.3 is 0 Å². The van der Waals surface area contributed by atoms with E-state index in [0.717, 1.165) is 5.56 Å². The van der Waals surface area contributed by atoms with Crippen LogP contribution in [0.4, 0.5) is 4.39 Å². The number of hydrogen-bond acceptors (Lipinski definition) is 6. The SMILES string of the molecule is COc1ccccc1C(=O)N(CC(=O)N1CCc2sccc2[C@H]1COc1cccc(F)c1)Cc1ccco1. The molecule has 3 heterocycles. The van der Waals surface area contributed by atoms with E-state index in [1.165, 1.54) is 35.3 Å². The molecule has 1 atom stereocenters. The van der Waals surface area contributed by atoms with Crippen molar-refractivity contribution < 1.29 is 27.9 Å². The Kier molecular flexibility index (Phi) is 7.74. The summed E-state index contributed by atoms with van der Waals surface area (Å²) in [4.78, 5) is 31.8. The third kappa shape index (κ3) is 5.57. The van der Waals surface area contributed by atoms with Crippen LogP contribution in [0, 0.1) is 5.82 Å². The topological polar surface area (TPSA) is 72.2 Å². The molecule has 2 amide bonds. The molecule has 0 saturated heterocycles. The smallest absolute Gasteiger partial charge is 0.258 e. The second-order valence-corrected chi connectivity index (χ2v) is 9.86. The van der Waals surface area contributed by atoms with Crippen LogP contribution in [0.5, 0.6) is 11.5 Å². The minimum absolute atomic E-state index is 0.123. The molecular formula is C29H27FN2O5S. The summed E-state index contributed by atoms with van der Waals surface area (Å²) in [5.74, 6) is 0.434. The first-order chi connectivity index (χ1) is 18.5. The molecule has 196 valence electrons. The van der Waals surface area contributed by atoms with Gasteiger partial charge in [0.15, 0.2) is 0 Å². The third-order valence-corrected chi connectivity index (χ3v) is 7.49. The number of ether oxygens (including phenoxy) is 2. The zero-order valence-corrected chi connectivity index (χ0v) is 21.7. The van der Waals surface area contributed by atoms with Gasteiger partial charge in [0.05, 0.1) is 31.5 Å². The number of furan rings is 1. The second kappa shape index (κ2) is 11.5. The first kappa shape index (κ1) is 25.5. The fourth-order valence-corrected chi connectivity index (χ4v) is 5.57. The van der Waals surface area contributed by atoms with Crippen molar-refractivity contribution in [2.45, 2.75) is 19.0 Å². The maximum absolute atomic E-state index is 13.8. The molecule has 0 saturated carbocycles. The van der Waals surface area contributed by atoms with E-state index in [0.29, 0.717) is 35.8 Å². The van der Waals surface area contributed by atoms with Crippen LogP contribution in [0.3, 0.4) is 0 Å². The average molecular weight is 535 g/mol. The van der Waals surface area contributed by atoms with Crippen LogP contribution in [0.1, 0.15) is 32.6 Å².